The van der Waals surface area contributed by atoms with Crippen LogP contribution in [0.3, 0.4) is 0 Å². The van der Waals surface area contributed by atoms with E-state index >= 15 is 0 Å². The van der Waals surface area contributed by atoms with E-state index in [0.717, 1.165) is 0 Å². The van der Waals surface area contributed by atoms with Crippen LogP contribution in [0.15, 0.2) is 0 Å². The number of rotatable bonds is 9. The summed E-state index contributed by atoms with van der Waals surface area (Å²) < 4.78 is 0. The lowest BCUT2D eigenvalue weighted by atomic mass is 9.76. The fourth-order valence-corrected chi connectivity index (χ4v) is 1.58. The van der Waals surface area contributed by atoms with Gasteiger partial charge in [-0.05, 0) is 19.3 Å². The average Bonchev–Trinajstić information content (AvgIpc) is 2.28. The van der Waals surface area contributed by atoms with Crippen molar-refractivity contribution in [2.24, 2.45) is 5.41 Å². The Labute approximate surface area is 104 Å². The molecule has 0 heterocycles. The van der Waals surface area contributed by atoms with E-state index in [-0.39, 0.29) is 38.5 Å². The summed E-state index contributed by atoms with van der Waals surface area (Å²) >= 11 is 0. The van der Waals surface area contributed by atoms with Gasteiger partial charge in [-0.3, -0.25) is 14.4 Å². The van der Waals surface area contributed by atoms with Crippen LogP contribution in [0.4, 0.5) is 0 Å². The fourth-order valence-electron chi connectivity index (χ4n) is 1.58. The fraction of sp³-hybridized carbons (Fsp3) is 0.636. The van der Waals surface area contributed by atoms with Crippen molar-refractivity contribution in [2.75, 3.05) is 0 Å². The maximum Gasteiger partial charge on any atom is 0.303 e. The molecule has 7 heteroatoms. The minimum Gasteiger partial charge on any atom is -0.481 e. The number of carboxylic acid groups (broad SMARTS) is 3. The van der Waals surface area contributed by atoms with Gasteiger partial charge in [0.05, 0.1) is 11.5 Å². The number of hydrogen-bond acceptors (Lipinski definition) is 4. The lowest BCUT2D eigenvalue weighted by Crippen LogP contribution is -2.23. The Morgan fingerprint density at radius 1 is 0.833 bits per heavy atom. The van der Waals surface area contributed by atoms with Crippen molar-refractivity contribution in [3.8, 4) is 6.07 Å². The largest absolute Gasteiger partial charge is 0.481 e. The van der Waals surface area contributed by atoms with Gasteiger partial charge in [0.2, 0.25) is 0 Å². The molecule has 0 rings (SSSR count). The predicted molar refractivity (Wildman–Crippen MR) is 58.7 cm³/mol. The molecule has 0 aliphatic carbocycles. The van der Waals surface area contributed by atoms with Gasteiger partial charge in [-0.15, -0.1) is 0 Å². The molecule has 0 aromatic heterocycles. The predicted octanol–water partition coefficient (Wildman–Crippen LogP) is 1.09. The van der Waals surface area contributed by atoms with E-state index in [9.17, 15) is 14.4 Å². The van der Waals surface area contributed by atoms with Gasteiger partial charge in [0.15, 0.2) is 0 Å². The van der Waals surface area contributed by atoms with Gasteiger partial charge in [-0.2, -0.15) is 5.26 Å². The molecule has 0 saturated carbocycles. The van der Waals surface area contributed by atoms with Gasteiger partial charge >= 0.3 is 17.9 Å². The van der Waals surface area contributed by atoms with E-state index in [4.69, 9.17) is 20.6 Å². The number of hydrogen-bond donors (Lipinski definition) is 3. The van der Waals surface area contributed by atoms with Gasteiger partial charge in [0.25, 0.3) is 0 Å². The molecule has 0 fully saturated rings. The van der Waals surface area contributed by atoms with Crippen molar-refractivity contribution in [3.05, 3.63) is 0 Å². The van der Waals surface area contributed by atoms with Crippen LogP contribution < -0.4 is 0 Å². The van der Waals surface area contributed by atoms with Gasteiger partial charge in [0.1, 0.15) is 0 Å². The molecule has 100 valence electrons. The van der Waals surface area contributed by atoms with Crippen LogP contribution in [0.1, 0.15) is 38.5 Å². The van der Waals surface area contributed by atoms with Crippen molar-refractivity contribution >= 4 is 17.9 Å². The lowest BCUT2D eigenvalue weighted by molar-refractivity contribution is -0.137. The molecule has 7 nitrogen and oxygen atoms in total. The second-order valence-electron chi connectivity index (χ2n) is 4.07. The Bertz CT molecular complexity index is 325. The molecule has 0 aliphatic heterocycles. The maximum atomic E-state index is 10.5. The lowest BCUT2D eigenvalue weighted by Gasteiger charge is -2.24. The molecule has 0 bridgehead atoms. The normalized spacial score (nSPS) is 10.6. The monoisotopic (exact) mass is 257 g/mol. The maximum absolute atomic E-state index is 10.5. The summed E-state index contributed by atoms with van der Waals surface area (Å²) in [5.41, 5.74) is -1.20. The molecule has 0 saturated heterocycles. The highest BCUT2D eigenvalue weighted by Gasteiger charge is 2.31. The second-order valence-corrected chi connectivity index (χ2v) is 4.07. The molecule has 0 aromatic carbocycles. The van der Waals surface area contributed by atoms with Crippen LogP contribution in [0, 0.1) is 16.7 Å². The Morgan fingerprint density at radius 2 is 1.11 bits per heavy atom. The van der Waals surface area contributed by atoms with Crippen LogP contribution in [0.25, 0.3) is 0 Å². The molecule has 18 heavy (non-hydrogen) atoms. The molecule has 0 aromatic rings. The van der Waals surface area contributed by atoms with Crippen molar-refractivity contribution in [3.63, 3.8) is 0 Å². The van der Waals surface area contributed by atoms with Gasteiger partial charge in [0, 0.05) is 19.3 Å². The second kappa shape index (κ2) is 7.27. The Morgan fingerprint density at radius 3 is 1.28 bits per heavy atom. The first kappa shape index (κ1) is 15.9. The number of nitriles is 1. The summed E-state index contributed by atoms with van der Waals surface area (Å²) in [5.74, 6) is -3.29. The molecule has 0 aliphatic rings. The van der Waals surface area contributed by atoms with E-state index < -0.39 is 23.3 Å². The number of nitrogens with zero attached hydrogens (tertiary/aromatic N) is 1. The summed E-state index contributed by atoms with van der Waals surface area (Å²) in [5, 5.41) is 34.8. The van der Waals surface area contributed by atoms with Crippen molar-refractivity contribution < 1.29 is 29.7 Å². The first-order valence-corrected chi connectivity index (χ1v) is 5.38. The van der Waals surface area contributed by atoms with E-state index in [1.165, 1.54) is 0 Å². The van der Waals surface area contributed by atoms with Crippen LogP contribution in [0.2, 0.25) is 0 Å². The minimum absolute atomic E-state index is 0.0423. The molecule has 0 radical (unpaired) electrons. The third-order valence-corrected chi connectivity index (χ3v) is 2.69. The summed E-state index contributed by atoms with van der Waals surface area (Å²) in [6.45, 7) is 0. The first-order valence-electron chi connectivity index (χ1n) is 5.38. The van der Waals surface area contributed by atoms with Gasteiger partial charge < -0.3 is 15.3 Å². The van der Waals surface area contributed by atoms with Gasteiger partial charge in [-0.1, -0.05) is 0 Å². The van der Waals surface area contributed by atoms with Gasteiger partial charge in [-0.25, -0.2) is 0 Å². The van der Waals surface area contributed by atoms with Crippen LogP contribution in [-0.2, 0) is 14.4 Å². The van der Waals surface area contributed by atoms with Crippen LogP contribution in [0.5, 0.6) is 0 Å². The quantitative estimate of drug-likeness (QED) is 0.562. The molecule has 3 N–H and O–H groups in total. The molecular weight excluding hydrogens is 242 g/mol. The summed E-state index contributed by atoms with van der Waals surface area (Å²) in [4.78, 5) is 31.5. The summed E-state index contributed by atoms with van der Waals surface area (Å²) in [6.07, 6.45) is -0.982. The highest BCUT2D eigenvalue weighted by Crippen LogP contribution is 2.34. The topological polar surface area (TPSA) is 136 Å². The highest BCUT2D eigenvalue weighted by molar-refractivity contribution is 5.68. The summed E-state index contributed by atoms with van der Waals surface area (Å²) in [7, 11) is 0. The zero-order chi connectivity index (χ0) is 14.2. The van der Waals surface area contributed by atoms with E-state index in [0.29, 0.717) is 0 Å². The number of carbonyl (C=O) groups is 3. The smallest absolute Gasteiger partial charge is 0.303 e. The standard InChI is InChI=1S/C11H15NO6/c12-7-11(4-1-8(13)14,5-2-9(15)16)6-3-10(17)18/h1-6H2,(H,13,14)(H,15,16)(H,17,18). The van der Waals surface area contributed by atoms with Crippen molar-refractivity contribution in [1.29, 1.82) is 5.26 Å². The third-order valence-electron chi connectivity index (χ3n) is 2.69. The first-order chi connectivity index (χ1) is 8.31. The molecule has 0 atom stereocenters. The molecule has 0 unspecified atom stereocenters. The number of aliphatic carboxylic acids is 3. The number of carboxylic acids is 3. The summed E-state index contributed by atoms with van der Waals surface area (Å²) in [6, 6.07) is 1.89. The van der Waals surface area contributed by atoms with E-state index in [1.54, 1.807) is 0 Å². The molecule has 0 amide bonds. The zero-order valence-corrected chi connectivity index (χ0v) is 9.76. The van der Waals surface area contributed by atoms with Crippen molar-refractivity contribution in [2.45, 2.75) is 38.5 Å². The zero-order valence-electron chi connectivity index (χ0n) is 9.76. The Balaban J connectivity index is 4.71. The third kappa shape index (κ3) is 6.48. The highest BCUT2D eigenvalue weighted by atomic mass is 16.4. The average molecular weight is 257 g/mol. The Kier molecular flexibility index (Phi) is 6.42. The molecular formula is C11H15NO6. The minimum atomic E-state index is -1.20. The van der Waals surface area contributed by atoms with Crippen LogP contribution in [-0.4, -0.2) is 33.2 Å². The Hall–Kier alpha value is -2.10. The van der Waals surface area contributed by atoms with E-state index in [2.05, 4.69) is 0 Å². The SMILES string of the molecule is N#CC(CCC(=O)O)(CCC(=O)O)CCC(=O)O. The van der Waals surface area contributed by atoms with E-state index in [1.807, 2.05) is 6.07 Å². The van der Waals surface area contributed by atoms with Crippen molar-refractivity contribution in [1.82, 2.24) is 0 Å². The molecule has 0 spiro atoms. The van der Waals surface area contributed by atoms with Crippen LogP contribution >= 0.6 is 0 Å².